The van der Waals surface area contributed by atoms with Gasteiger partial charge >= 0.3 is 5.97 Å². The van der Waals surface area contributed by atoms with Crippen molar-refractivity contribution in [3.63, 3.8) is 0 Å². The van der Waals surface area contributed by atoms with Crippen LogP contribution in [0, 0.1) is 5.92 Å². The lowest BCUT2D eigenvalue weighted by Gasteiger charge is -1.99. The summed E-state index contributed by atoms with van der Waals surface area (Å²) in [6.07, 6.45) is 4.22. The van der Waals surface area contributed by atoms with Crippen LogP contribution in [0.3, 0.4) is 0 Å². The number of ether oxygens (including phenoxy) is 1. The van der Waals surface area contributed by atoms with E-state index in [1.54, 1.807) is 18.5 Å². The lowest BCUT2D eigenvalue weighted by atomic mass is 10.3. The second-order valence-corrected chi connectivity index (χ2v) is 3.31. The smallest absolute Gasteiger partial charge is 0.309 e. The molecule has 0 saturated heterocycles. The van der Waals surface area contributed by atoms with Crippen molar-refractivity contribution in [3.8, 4) is 0 Å². The van der Waals surface area contributed by atoms with Crippen molar-refractivity contribution in [1.82, 2.24) is 9.97 Å². The van der Waals surface area contributed by atoms with Crippen LogP contribution in [0.25, 0.3) is 0 Å². The molecule has 1 fully saturated rings. The molecule has 0 aromatic carbocycles. The van der Waals surface area contributed by atoms with Crippen molar-refractivity contribution in [2.45, 2.75) is 19.3 Å². The Morgan fingerprint density at radius 2 is 2.29 bits per heavy atom. The zero-order valence-corrected chi connectivity index (χ0v) is 8.01. The van der Waals surface area contributed by atoms with E-state index in [9.17, 15) is 4.79 Å². The minimum atomic E-state index is -0.120. The van der Waals surface area contributed by atoms with Gasteiger partial charge in [0.1, 0.15) is 5.82 Å². The number of carbonyl (C=O) groups is 1. The van der Waals surface area contributed by atoms with Crippen molar-refractivity contribution in [2.24, 2.45) is 5.92 Å². The Labute approximate surface area is 82.3 Å². The second kappa shape index (κ2) is 3.74. The van der Waals surface area contributed by atoms with E-state index in [0.29, 0.717) is 6.61 Å². The number of hydrogen-bond donors (Lipinski definition) is 0. The second-order valence-electron chi connectivity index (χ2n) is 3.31. The molecule has 74 valence electrons. The maximum atomic E-state index is 11.3. The normalized spacial score (nSPS) is 24.4. The maximum Gasteiger partial charge on any atom is 0.309 e. The fourth-order valence-electron chi connectivity index (χ4n) is 1.49. The van der Waals surface area contributed by atoms with Gasteiger partial charge in [-0.05, 0) is 19.4 Å². The molecule has 2 rings (SSSR count). The van der Waals surface area contributed by atoms with Gasteiger partial charge in [-0.2, -0.15) is 0 Å². The third-order valence-corrected chi connectivity index (χ3v) is 2.30. The fourth-order valence-corrected chi connectivity index (χ4v) is 1.49. The molecule has 0 aliphatic heterocycles. The summed E-state index contributed by atoms with van der Waals surface area (Å²) in [5.41, 5.74) is 0. The average molecular weight is 192 g/mol. The summed E-state index contributed by atoms with van der Waals surface area (Å²) in [7, 11) is 0. The third kappa shape index (κ3) is 1.73. The molecule has 0 amide bonds. The SMILES string of the molecule is CCOC(=O)C1CC1c1ncccn1. The number of aromatic nitrogens is 2. The summed E-state index contributed by atoms with van der Waals surface area (Å²) in [6.45, 7) is 2.26. The van der Waals surface area contributed by atoms with Gasteiger partial charge in [-0.3, -0.25) is 4.79 Å². The van der Waals surface area contributed by atoms with E-state index in [0.717, 1.165) is 12.2 Å². The summed E-state index contributed by atoms with van der Waals surface area (Å²) in [4.78, 5) is 19.5. The van der Waals surface area contributed by atoms with Crippen LogP contribution in [0.2, 0.25) is 0 Å². The molecule has 1 aromatic rings. The van der Waals surface area contributed by atoms with E-state index >= 15 is 0 Å². The van der Waals surface area contributed by atoms with Crippen LogP contribution in [0.1, 0.15) is 25.1 Å². The molecule has 0 bridgehead atoms. The summed E-state index contributed by atoms with van der Waals surface area (Å²) in [5.74, 6) is 0.795. The molecule has 2 unspecified atom stereocenters. The molecule has 1 aromatic heterocycles. The molecule has 1 heterocycles. The first-order valence-electron chi connectivity index (χ1n) is 4.76. The fraction of sp³-hybridized carbons (Fsp3) is 0.500. The van der Waals surface area contributed by atoms with Crippen LogP contribution in [0.5, 0.6) is 0 Å². The van der Waals surface area contributed by atoms with Crippen LogP contribution < -0.4 is 0 Å². The monoisotopic (exact) mass is 192 g/mol. The number of esters is 1. The third-order valence-electron chi connectivity index (χ3n) is 2.30. The maximum absolute atomic E-state index is 11.3. The van der Waals surface area contributed by atoms with Gasteiger partial charge in [-0.1, -0.05) is 0 Å². The van der Waals surface area contributed by atoms with Gasteiger partial charge in [-0.25, -0.2) is 9.97 Å². The Balaban J connectivity index is 1.96. The first-order valence-corrected chi connectivity index (χ1v) is 4.76. The molecule has 0 N–H and O–H groups in total. The van der Waals surface area contributed by atoms with E-state index in [1.165, 1.54) is 0 Å². The Hall–Kier alpha value is -1.45. The van der Waals surface area contributed by atoms with Gasteiger partial charge in [0.15, 0.2) is 0 Å². The molecule has 2 atom stereocenters. The van der Waals surface area contributed by atoms with Gasteiger partial charge in [-0.15, -0.1) is 0 Å². The Kier molecular flexibility index (Phi) is 2.43. The minimum absolute atomic E-state index is 0.0163. The number of rotatable bonds is 3. The number of carbonyl (C=O) groups excluding carboxylic acids is 1. The van der Waals surface area contributed by atoms with E-state index in [-0.39, 0.29) is 17.8 Å². The van der Waals surface area contributed by atoms with E-state index in [2.05, 4.69) is 9.97 Å². The molecule has 1 saturated carbocycles. The predicted molar refractivity (Wildman–Crippen MR) is 49.5 cm³/mol. The molecule has 14 heavy (non-hydrogen) atoms. The van der Waals surface area contributed by atoms with Crippen LogP contribution in [0.15, 0.2) is 18.5 Å². The van der Waals surface area contributed by atoms with E-state index < -0.39 is 0 Å². The first kappa shape index (κ1) is 9.12. The summed E-state index contributed by atoms with van der Waals surface area (Å²) < 4.78 is 4.92. The first-order chi connectivity index (χ1) is 6.83. The van der Waals surface area contributed by atoms with Gasteiger partial charge in [0.2, 0.25) is 0 Å². The zero-order valence-electron chi connectivity index (χ0n) is 8.01. The van der Waals surface area contributed by atoms with E-state index in [1.807, 2.05) is 6.92 Å². The van der Waals surface area contributed by atoms with Crippen LogP contribution >= 0.6 is 0 Å². The lowest BCUT2D eigenvalue weighted by Crippen LogP contribution is -2.07. The Bertz CT molecular complexity index is 326. The zero-order chi connectivity index (χ0) is 9.97. The number of hydrogen-bond acceptors (Lipinski definition) is 4. The van der Waals surface area contributed by atoms with Gasteiger partial charge < -0.3 is 4.74 Å². The molecular formula is C10H12N2O2. The quantitative estimate of drug-likeness (QED) is 0.674. The average Bonchev–Trinajstić information content (AvgIpc) is 2.99. The van der Waals surface area contributed by atoms with Crippen LogP contribution in [-0.2, 0) is 9.53 Å². The Morgan fingerprint density at radius 1 is 1.57 bits per heavy atom. The molecule has 1 aliphatic carbocycles. The standard InChI is InChI=1S/C10H12N2O2/c1-2-14-10(13)8-6-7(8)9-11-4-3-5-12-9/h3-5,7-8H,2,6H2,1H3. The molecule has 4 nitrogen and oxygen atoms in total. The number of nitrogens with zero attached hydrogens (tertiary/aromatic N) is 2. The minimum Gasteiger partial charge on any atom is -0.466 e. The molecule has 0 spiro atoms. The molecular weight excluding hydrogens is 180 g/mol. The summed E-state index contributed by atoms with van der Waals surface area (Å²) in [6, 6.07) is 1.77. The van der Waals surface area contributed by atoms with Crippen molar-refractivity contribution in [2.75, 3.05) is 6.61 Å². The van der Waals surface area contributed by atoms with Gasteiger partial charge in [0.25, 0.3) is 0 Å². The lowest BCUT2D eigenvalue weighted by molar-refractivity contribution is -0.144. The largest absolute Gasteiger partial charge is 0.466 e. The van der Waals surface area contributed by atoms with Crippen LogP contribution in [0.4, 0.5) is 0 Å². The predicted octanol–water partition coefficient (Wildman–Crippen LogP) is 1.14. The highest BCUT2D eigenvalue weighted by Crippen LogP contribution is 2.46. The Morgan fingerprint density at radius 3 is 2.93 bits per heavy atom. The highest BCUT2D eigenvalue weighted by Gasteiger charge is 2.46. The van der Waals surface area contributed by atoms with Crippen molar-refractivity contribution in [1.29, 1.82) is 0 Å². The summed E-state index contributed by atoms with van der Waals surface area (Å²) in [5, 5.41) is 0. The van der Waals surface area contributed by atoms with Crippen LogP contribution in [-0.4, -0.2) is 22.5 Å². The van der Waals surface area contributed by atoms with Gasteiger partial charge in [0, 0.05) is 18.3 Å². The van der Waals surface area contributed by atoms with Crippen molar-refractivity contribution >= 4 is 5.97 Å². The van der Waals surface area contributed by atoms with Gasteiger partial charge in [0.05, 0.1) is 12.5 Å². The highest BCUT2D eigenvalue weighted by atomic mass is 16.5. The molecule has 1 aliphatic rings. The molecule has 4 heteroatoms. The molecule has 0 radical (unpaired) electrons. The van der Waals surface area contributed by atoms with Crippen molar-refractivity contribution in [3.05, 3.63) is 24.3 Å². The summed E-state index contributed by atoms with van der Waals surface area (Å²) >= 11 is 0. The highest BCUT2D eigenvalue weighted by molar-refractivity contribution is 5.76. The van der Waals surface area contributed by atoms with E-state index in [4.69, 9.17) is 4.74 Å². The van der Waals surface area contributed by atoms with Crippen molar-refractivity contribution < 1.29 is 9.53 Å². The topological polar surface area (TPSA) is 52.1 Å².